The van der Waals surface area contributed by atoms with Gasteiger partial charge in [-0.2, -0.15) is 0 Å². The molecule has 1 fully saturated rings. The SMILES string of the molecule is COCCOCC(O)CN1CCC[C@H]1C(=O)OC(C)(C)C. The number of nitrogens with zero attached hydrogens (tertiary/aromatic N) is 1. The van der Waals surface area contributed by atoms with Gasteiger partial charge in [-0.25, -0.2) is 0 Å². The molecule has 0 aliphatic carbocycles. The topological polar surface area (TPSA) is 68.2 Å². The Morgan fingerprint density at radius 3 is 2.71 bits per heavy atom. The quantitative estimate of drug-likeness (QED) is 0.529. The zero-order valence-corrected chi connectivity index (χ0v) is 13.6. The van der Waals surface area contributed by atoms with Crippen LogP contribution >= 0.6 is 0 Å². The molecule has 2 atom stereocenters. The summed E-state index contributed by atoms with van der Waals surface area (Å²) in [6.07, 6.45) is 1.12. The molecular formula is C15H29NO5. The number of aliphatic hydroxyl groups excluding tert-OH is 1. The molecule has 1 saturated heterocycles. The molecular weight excluding hydrogens is 274 g/mol. The first-order valence-electron chi connectivity index (χ1n) is 7.55. The molecule has 0 saturated carbocycles. The number of hydrogen-bond acceptors (Lipinski definition) is 6. The second-order valence-electron chi connectivity index (χ2n) is 6.41. The summed E-state index contributed by atoms with van der Waals surface area (Å²) < 4.78 is 15.6. The number of hydrogen-bond donors (Lipinski definition) is 1. The second-order valence-corrected chi connectivity index (χ2v) is 6.41. The van der Waals surface area contributed by atoms with Crippen molar-refractivity contribution in [3.8, 4) is 0 Å². The Labute approximate surface area is 127 Å². The highest BCUT2D eigenvalue weighted by molar-refractivity contribution is 5.76. The van der Waals surface area contributed by atoms with Crippen LogP contribution in [0.5, 0.6) is 0 Å². The summed E-state index contributed by atoms with van der Waals surface area (Å²) in [6.45, 7) is 8.05. The lowest BCUT2D eigenvalue weighted by molar-refractivity contribution is -0.160. The van der Waals surface area contributed by atoms with E-state index in [9.17, 15) is 9.90 Å². The van der Waals surface area contributed by atoms with Gasteiger partial charge < -0.3 is 19.3 Å². The summed E-state index contributed by atoms with van der Waals surface area (Å²) in [4.78, 5) is 14.1. The van der Waals surface area contributed by atoms with E-state index in [-0.39, 0.29) is 18.6 Å². The van der Waals surface area contributed by atoms with Gasteiger partial charge in [-0.05, 0) is 40.2 Å². The van der Waals surface area contributed by atoms with E-state index in [4.69, 9.17) is 14.2 Å². The molecule has 0 aromatic rings. The van der Waals surface area contributed by atoms with E-state index >= 15 is 0 Å². The van der Waals surface area contributed by atoms with Gasteiger partial charge in [-0.1, -0.05) is 0 Å². The van der Waals surface area contributed by atoms with Gasteiger partial charge in [0.2, 0.25) is 0 Å². The average molecular weight is 303 g/mol. The highest BCUT2D eigenvalue weighted by Crippen LogP contribution is 2.21. The minimum atomic E-state index is -0.607. The third kappa shape index (κ3) is 7.22. The van der Waals surface area contributed by atoms with E-state index in [0.717, 1.165) is 19.4 Å². The van der Waals surface area contributed by atoms with Crippen molar-refractivity contribution >= 4 is 5.97 Å². The summed E-state index contributed by atoms with van der Waals surface area (Å²) in [5, 5.41) is 9.98. The maximum Gasteiger partial charge on any atom is 0.323 e. The third-order valence-electron chi connectivity index (χ3n) is 3.23. The molecule has 0 bridgehead atoms. The number of carbonyl (C=O) groups excluding carboxylic acids is 1. The van der Waals surface area contributed by atoms with Crippen LogP contribution in [0.4, 0.5) is 0 Å². The van der Waals surface area contributed by atoms with E-state index < -0.39 is 11.7 Å². The predicted octanol–water partition coefficient (Wildman–Crippen LogP) is 0.816. The first-order chi connectivity index (χ1) is 9.83. The molecule has 0 aromatic heterocycles. The van der Waals surface area contributed by atoms with Crippen molar-refractivity contribution < 1.29 is 24.1 Å². The third-order valence-corrected chi connectivity index (χ3v) is 3.23. The lowest BCUT2D eigenvalue weighted by atomic mass is 10.1. The summed E-state index contributed by atoms with van der Waals surface area (Å²) in [5.74, 6) is -0.201. The lowest BCUT2D eigenvalue weighted by Gasteiger charge is -2.28. The fourth-order valence-corrected chi connectivity index (χ4v) is 2.37. The van der Waals surface area contributed by atoms with Gasteiger partial charge in [0, 0.05) is 13.7 Å². The number of carbonyl (C=O) groups is 1. The number of rotatable bonds is 8. The van der Waals surface area contributed by atoms with Gasteiger partial charge in [-0.3, -0.25) is 9.69 Å². The number of likely N-dealkylation sites (tertiary alicyclic amines) is 1. The Kier molecular flexibility index (Phi) is 7.59. The van der Waals surface area contributed by atoms with Crippen LogP contribution in [0.25, 0.3) is 0 Å². The van der Waals surface area contributed by atoms with E-state index in [0.29, 0.717) is 19.8 Å². The van der Waals surface area contributed by atoms with Crippen molar-refractivity contribution in [3.63, 3.8) is 0 Å². The highest BCUT2D eigenvalue weighted by atomic mass is 16.6. The number of ether oxygens (including phenoxy) is 3. The fourth-order valence-electron chi connectivity index (χ4n) is 2.37. The molecule has 124 valence electrons. The summed E-state index contributed by atoms with van der Waals surface area (Å²) in [7, 11) is 1.61. The Morgan fingerprint density at radius 1 is 1.38 bits per heavy atom. The Morgan fingerprint density at radius 2 is 2.10 bits per heavy atom. The molecule has 0 radical (unpaired) electrons. The monoisotopic (exact) mass is 303 g/mol. The van der Waals surface area contributed by atoms with Crippen LogP contribution in [-0.2, 0) is 19.0 Å². The first kappa shape index (κ1) is 18.4. The average Bonchev–Trinajstić information content (AvgIpc) is 2.81. The minimum Gasteiger partial charge on any atom is -0.459 e. The van der Waals surface area contributed by atoms with Crippen LogP contribution < -0.4 is 0 Å². The Bertz CT molecular complexity index is 316. The number of esters is 1. The van der Waals surface area contributed by atoms with Gasteiger partial charge in [0.05, 0.1) is 25.9 Å². The molecule has 1 aliphatic heterocycles. The van der Waals surface area contributed by atoms with Gasteiger partial charge >= 0.3 is 5.97 Å². The molecule has 6 nitrogen and oxygen atoms in total. The van der Waals surface area contributed by atoms with Crippen LogP contribution in [0.15, 0.2) is 0 Å². The fraction of sp³-hybridized carbons (Fsp3) is 0.933. The molecule has 1 heterocycles. The number of β-amino-alcohol motifs (C(OH)–C–C–N with tert-alkyl or cyclic N) is 1. The number of aliphatic hydroxyl groups is 1. The molecule has 1 rings (SSSR count). The first-order valence-corrected chi connectivity index (χ1v) is 7.55. The molecule has 0 amide bonds. The summed E-state index contributed by atoms with van der Waals surface area (Å²) in [5.41, 5.74) is -0.479. The normalized spacial score (nSPS) is 21.5. The van der Waals surface area contributed by atoms with Crippen LogP contribution in [0.2, 0.25) is 0 Å². The molecule has 21 heavy (non-hydrogen) atoms. The standard InChI is InChI=1S/C15H29NO5/c1-15(2,3)21-14(18)13-6-5-7-16(13)10-12(17)11-20-9-8-19-4/h12-13,17H,5-11H2,1-4H3/t12?,13-/m0/s1. The smallest absolute Gasteiger partial charge is 0.323 e. The highest BCUT2D eigenvalue weighted by Gasteiger charge is 2.34. The zero-order chi connectivity index (χ0) is 15.9. The molecule has 1 N–H and O–H groups in total. The zero-order valence-electron chi connectivity index (χ0n) is 13.6. The maximum absolute atomic E-state index is 12.2. The molecule has 1 unspecified atom stereocenters. The predicted molar refractivity (Wildman–Crippen MR) is 79.1 cm³/mol. The van der Waals surface area contributed by atoms with Crippen molar-refractivity contribution in [1.82, 2.24) is 4.90 Å². The number of methoxy groups -OCH3 is 1. The molecule has 0 aromatic carbocycles. The Balaban J connectivity index is 2.37. The Hall–Kier alpha value is -0.690. The van der Waals surface area contributed by atoms with Crippen molar-refractivity contribution in [2.75, 3.05) is 40.0 Å². The lowest BCUT2D eigenvalue weighted by Crippen LogP contribution is -2.44. The van der Waals surface area contributed by atoms with Gasteiger partial charge in [0.25, 0.3) is 0 Å². The summed E-state index contributed by atoms with van der Waals surface area (Å²) in [6, 6.07) is -0.252. The molecule has 6 heteroatoms. The van der Waals surface area contributed by atoms with E-state index in [2.05, 4.69) is 0 Å². The van der Waals surface area contributed by atoms with Gasteiger partial charge in [0.1, 0.15) is 11.6 Å². The van der Waals surface area contributed by atoms with E-state index in [1.807, 2.05) is 25.7 Å². The van der Waals surface area contributed by atoms with Crippen LogP contribution in [0.3, 0.4) is 0 Å². The molecule has 0 spiro atoms. The van der Waals surface area contributed by atoms with Crippen molar-refractivity contribution in [2.45, 2.75) is 51.4 Å². The van der Waals surface area contributed by atoms with Gasteiger partial charge in [0.15, 0.2) is 0 Å². The van der Waals surface area contributed by atoms with E-state index in [1.54, 1.807) is 7.11 Å². The maximum atomic E-state index is 12.2. The second kappa shape index (κ2) is 8.68. The van der Waals surface area contributed by atoms with Crippen LogP contribution in [-0.4, -0.2) is 73.7 Å². The van der Waals surface area contributed by atoms with Crippen molar-refractivity contribution in [1.29, 1.82) is 0 Å². The summed E-state index contributed by atoms with van der Waals surface area (Å²) >= 11 is 0. The minimum absolute atomic E-state index is 0.201. The largest absolute Gasteiger partial charge is 0.459 e. The van der Waals surface area contributed by atoms with Crippen molar-refractivity contribution in [3.05, 3.63) is 0 Å². The van der Waals surface area contributed by atoms with Crippen LogP contribution in [0, 0.1) is 0 Å². The van der Waals surface area contributed by atoms with Gasteiger partial charge in [-0.15, -0.1) is 0 Å². The van der Waals surface area contributed by atoms with E-state index in [1.165, 1.54) is 0 Å². The van der Waals surface area contributed by atoms with Crippen LogP contribution in [0.1, 0.15) is 33.6 Å². The molecule has 1 aliphatic rings. The van der Waals surface area contributed by atoms with Crippen molar-refractivity contribution in [2.24, 2.45) is 0 Å².